The Balaban J connectivity index is 1.89. The lowest BCUT2D eigenvalue weighted by Crippen LogP contribution is -1.89. The average molecular weight is 322 g/mol. The molecule has 0 fully saturated rings. The van der Waals surface area contributed by atoms with Crippen molar-refractivity contribution < 1.29 is 18.7 Å². The third kappa shape index (κ3) is 3.27. The first kappa shape index (κ1) is 15.7. The maximum Gasteiger partial charge on any atom is 0.298 e. The first-order valence-electron chi connectivity index (χ1n) is 7.36. The number of ether oxygens (including phenoxy) is 2. The molecule has 0 aliphatic rings. The lowest BCUT2D eigenvalue weighted by Gasteiger charge is -2.08. The molecule has 0 aliphatic carbocycles. The summed E-state index contributed by atoms with van der Waals surface area (Å²) in [5.74, 6) is 0.878. The fourth-order valence-corrected chi connectivity index (χ4v) is 2.48. The van der Waals surface area contributed by atoms with Gasteiger partial charge in [0.1, 0.15) is 17.3 Å². The predicted octanol–water partition coefficient (Wildman–Crippen LogP) is 4.70. The second-order valence-electron chi connectivity index (χ2n) is 5.16. The van der Waals surface area contributed by atoms with E-state index < -0.39 is 0 Å². The lowest BCUT2D eigenvalue weighted by atomic mass is 9.99. The van der Waals surface area contributed by atoms with Gasteiger partial charge in [-0.2, -0.15) is 0 Å². The second-order valence-corrected chi connectivity index (χ2v) is 5.16. The van der Waals surface area contributed by atoms with Crippen molar-refractivity contribution in [3.63, 3.8) is 0 Å². The first-order chi connectivity index (χ1) is 11.7. The van der Waals surface area contributed by atoms with Crippen molar-refractivity contribution in [2.45, 2.75) is 0 Å². The molecule has 3 aromatic carbocycles. The maximum atomic E-state index is 14.5. The highest BCUT2D eigenvalue weighted by Crippen LogP contribution is 2.29. The SMILES string of the molecule is COc1ccc(-c2ccc(-c3ccc(OC=O)cc3)cc2F)cc1. The van der Waals surface area contributed by atoms with Crippen LogP contribution >= 0.6 is 0 Å². The van der Waals surface area contributed by atoms with Crippen LogP contribution in [0.25, 0.3) is 22.3 Å². The molecule has 0 saturated carbocycles. The molecule has 3 aromatic rings. The monoisotopic (exact) mass is 322 g/mol. The molecule has 0 unspecified atom stereocenters. The fraction of sp³-hybridized carbons (Fsp3) is 0.0500. The quantitative estimate of drug-likeness (QED) is 0.639. The minimum absolute atomic E-state index is 0.300. The Morgan fingerprint density at radius 3 is 1.96 bits per heavy atom. The van der Waals surface area contributed by atoms with Gasteiger partial charge in [0.25, 0.3) is 6.47 Å². The Kier molecular flexibility index (Phi) is 4.57. The van der Waals surface area contributed by atoms with Crippen LogP contribution in [0.2, 0.25) is 0 Å². The van der Waals surface area contributed by atoms with E-state index in [2.05, 4.69) is 0 Å². The van der Waals surface area contributed by atoms with Crippen LogP contribution in [0.4, 0.5) is 4.39 Å². The molecule has 0 N–H and O–H groups in total. The lowest BCUT2D eigenvalue weighted by molar-refractivity contribution is -0.120. The largest absolute Gasteiger partial charge is 0.497 e. The Morgan fingerprint density at radius 1 is 0.792 bits per heavy atom. The van der Waals surface area contributed by atoms with Crippen molar-refractivity contribution in [3.8, 4) is 33.8 Å². The van der Waals surface area contributed by atoms with E-state index >= 15 is 0 Å². The zero-order valence-electron chi connectivity index (χ0n) is 13.0. The van der Waals surface area contributed by atoms with E-state index in [1.165, 1.54) is 6.07 Å². The number of halogens is 1. The van der Waals surface area contributed by atoms with Crippen LogP contribution in [0.1, 0.15) is 0 Å². The van der Waals surface area contributed by atoms with Gasteiger partial charge in [-0.25, -0.2) is 4.39 Å². The number of carbonyl (C=O) groups excluding carboxylic acids is 1. The molecule has 120 valence electrons. The molecule has 0 aliphatic heterocycles. The third-order valence-corrected chi connectivity index (χ3v) is 3.74. The number of rotatable bonds is 5. The molecule has 0 amide bonds. The summed E-state index contributed by atoms with van der Waals surface area (Å²) in [7, 11) is 1.59. The highest BCUT2D eigenvalue weighted by atomic mass is 19.1. The number of carbonyl (C=O) groups is 1. The summed E-state index contributed by atoms with van der Waals surface area (Å²) < 4.78 is 24.4. The third-order valence-electron chi connectivity index (χ3n) is 3.74. The molecule has 0 spiro atoms. The highest BCUT2D eigenvalue weighted by molar-refractivity contribution is 5.71. The first-order valence-corrected chi connectivity index (χ1v) is 7.36. The summed E-state index contributed by atoms with van der Waals surface area (Å²) >= 11 is 0. The van der Waals surface area contributed by atoms with E-state index in [4.69, 9.17) is 9.47 Å². The van der Waals surface area contributed by atoms with E-state index in [9.17, 15) is 9.18 Å². The van der Waals surface area contributed by atoms with Crippen LogP contribution in [0.5, 0.6) is 11.5 Å². The molecule has 0 atom stereocenters. The molecule has 3 rings (SSSR count). The predicted molar refractivity (Wildman–Crippen MR) is 90.5 cm³/mol. The molecule has 0 bridgehead atoms. The zero-order valence-corrected chi connectivity index (χ0v) is 13.0. The highest BCUT2D eigenvalue weighted by Gasteiger charge is 2.08. The standard InChI is InChI=1S/C20H15FO3/c1-23-17-7-4-15(5-8-17)19-11-6-16(12-20(19)21)14-2-9-18(10-3-14)24-13-22/h2-13H,1H3. The van der Waals surface area contributed by atoms with E-state index in [1.807, 2.05) is 18.2 Å². The summed E-state index contributed by atoms with van der Waals surface area (Å²) in [5.41, 5.74) is 2.91. The van der Waals surface area contributed by atoms with Gasteiger partial charge in [-0.15, -0.1) is 0 Å². The van der Waals surface area contributed by atoms with Gasteiger partial charge in [-0.1, -0.05) is 36.4 Å². The topological polar surface area (TPSA) is 35.5 Å². The van der Waals surface area contributed by atoms with Crippen molar-refractivity contribution >= 4 is 6.47 Å². The van der Waals surface area contributed by atoms with Crippen molar-refractivity contribution in [2.24, 2.45) is 0 Å². The maximum absolute atomic E-state index is 14.5. The molecule has 0 heterocycles. The summed E-state index contributed by atoms with van der Waals surface area (Å²) in [4.78, 5) is 10.3. The van der Waals surface area contributed by atoms with Gasteiger partial charge >= 0.3 is 0 Å². The molecular weight excluding hydrogens is 307 g/mol. The van der Waals surface area contributed by atoms with Gasteiger partial charge < -0.3 is 9.47 Å². The van der Waals surface area contributed by atoms with Crippen molar-refractivity contribution in [1.29, 1.82) is 0 Å². The summed E-state index contributed by atoms with van der Waals surface area (Å²) in [6, 6.07) is 19.2. The van der Waals surface area contributed by atoms with Crippen molar-refractivity contribution in [1.82, 2.24) is 0 Å². The van der Waals surface area contributed by atoms with Gasteiger partial charge in [-0.05, 0) is 47.0 Å². The van der Waals surface area contributed by atoms with Crippen LogP contribution in [-0.4, -0.2) is 13.6 Å². The van der Waals surface area contributed by atoms with Crippen LogP contribution < -0.4 is 9.47 Å². The molecule has 3 nitrogen and oxygen atoms in total. The summed E-state index contributed by atoms with van der Waals surface area (Å²) in [6.07, 6.45) is 0. The average Bonchev–Trinajstić information content (AvgIpc) is 2.63. The minimum atomic E-state index is -0.300. The van der Waals surface area contributed by atoms with Crippen LogP contribution in [-0.2, 0) is 4.79 Å². The van der Waals surface area contributed by atoms with Gasteiger partial charge in [0, 0.05) is 5.56 Å². The molecule has 0 saturated heterocycles. The minimum Gasteiger partial charge on any atom is -0.497 e. The van der Waals surface area contributed by atoms with Crippen LogP contribution in [0.3, 0.4) is 0 Å². The number of hydrogen-bond donors (Lipinski definition) is 0. The van der Waals surface area contributed by atoms with E-state index in [-0.39, 0.29) is 5.82 Å². The van der Waals surface area contributed by atoms with Gasteiger partial charge in [0.15, 0.2) is 0 Å². The van der Waals surface area contributed by atoms with Crippen molar-refractivity contribution in [3.05, 3.63) is 72.5 Å². The van der Waals surface area contributed by atoms with E-state index in [0.29, 0.717) is 17.8 Å². The molecular formula is C20H15FO3. The van der Waals surface area contributed by atoms with Gasteiger partial charge in [-0.3, -0.25) is 4.79 Å². The molecule has 0 radical (unpaired) electrons. The zero-order chi connectivity index (χ0) is 16.9. The fourth-order valence-electron chi connectivity index (χ4n) is 2.48. The van der Waals surface area contributed by atoms with Crippen LogP contribution in [0, 0.1) is 5.82 Å². The van der Waals surface area contributed by atoms with Crippen LogP contribution in [0.15, 0.2) is 66.7 Å². The number of benzene rings is 3. The van der Waals surface area contributed by atoms with Gasteiger partial charge in [0.05, 0.1) is 7.11 Å². The smallest absolute Gasteiger partial charge is 0.298 e. The Morgan fingerprint density at radius 2 is 1.38 bits per heavy atom. The van der Waals surface area contributed by atoms with E-state index in [1.54, 1.807) is 49.6 Å². The summed E-state index contributed by atoms with van der Waals surface area (Å²) in [5, 5.41) is 0. The molecule has 0 aromatic heterocycles. The van der Waals surface area contributed by atoms with Crippen molar-refractivity contribution in [2.75, 3.05) is 7.11 Å². The molecule has 4 heteroatoms. The Labute approximate surface area is 139 Å². The Bertz CT molecular complexity index is 840. The second kappa shape index (κ2) is 6.96. The summed E-state index contributed by atoms with van der Waals surface area (Å²) in [6.45, 7) is 0.373. The van der Waals surface area contributed by atoms with E-state index in [0.717, 1.165) is 22.4 Å². The number of hydrogen-bond acceptors (Lipinski definition) is 3. The normalized spacial score (nSPS) is 10.2. The van der Waals surface area contributed by atoms with Gasteiger partial charge in [0.2, 0.25) is 0 Å². The number of methoxy groups -OCH3 is 1. The molecule has 24 heavy (non-hydrogen) atoms. The Hall–Kier alpha value is -3.14.